The first kappa shape index (κ1) is 13.4. The molecule has 108 valence electrons. The normalized spacial score (nSPS) is 18.8. The summed E-state index contributed by atoms with van der Waals surface area (Å²) in [6.07, 6.45) is 2.87. The van der Waals surface area contributed by atoms with Crippen molar-refractivity contribution in [1.29, 1.82) is 0 Å². The molecule has 20 heavy (non-hydrogen) atoms. The van der Waals surface area contributed by atoms with Crippen molar-refractivity contribution in [1.82, 2.24) is 5.16 Å². The summed E-state index contributed by atoms with van der Waals surface area (Å²) >= 11 is 0. The van der Waals surface area contributed by atoms with Gasteiger partial charge in [0.25, 0.3) is 0 Å². The molecule has 1 aliphatic heterocycles. The van der Waals surface area contributed by atoms with Gasteiger partial charge in [-0.1, -0.05) is 5.16 Å². The summed E-state index contributed by atoms with van der Waals surface area (Å²) < 4.78 is 16.8. The highest BCUT2D eigenvalue weighted by molar-refractivity contribution is 5.84. The molecule has 1 unspecified atom stereocenters. The minimum Gasteiger partial charge on any atom is -0.490 e. The van der Waals surface area contributed by atoms with Crippen LogP contribution >= 0.6 is 0 Å². The van der Waals surface area contributed by atoms with E-state index in [-0.39, 0.29) is 12.7 Å². The molecule has 1 aromatic heterocycles. The molecule has 0 radical (unpaired) electrons. The third-order valence-corrected chi connectivity index (χ3v) is 3.71. The highest BCUT2D eigenvalue weighted by Gasteiger charge is 2.18. The molecule has 0 bridgehead atoms. The van der Waals surface area contributed by atoms with Crippen molar-refractivity contribution in [2.75, 3.05) is 19.8 Å². The van der Waals surface area contributed by atoms with Crippen molar-refractivity contribution in [3.63, 3.8) is 0 Å². The average Bonchev–Trinajstić information content (AvgIpc) is 3.09. The number of hydrogen-bond acceptors (Lipinski definition) is 5. The Morgan fingerprint density at radius 3 is 3.10 bits per heavy atom. The van der Waals surface area contributed by atoms with Crippen LogP contribution in [0.4, 0.5) is 0 Å². The molecule has 1 fully saturated rings. The van der Waals surface area contributed by atoms with Crippen LogP contribution in [0.2, 0.25) is 0 Å². The molecule has 0 spiro atoms. The molecule has 5 nitrogen and oxygen atoms in total. The van der Waals surface area contributed by atoms with Gasteiger partial charge in [-0.05, 0) is 31.9 Å². The smallest absolute Gasteiger partial charge is 0.173 e. The maximum absolute atomic E-state index is 9.01. The molecule has 3 rings (SSSR count). The van der Waals surface area contributed by atoms with Crippen LogP contribution in [0.1, 0.15) is 24.1 Å². The van der Waals surface area contributed by atoms with E-state index >= 15 is 0 Å². The number of benzene rings is 1. The Labute approximate surface area is 117 Å². The molecular weight excluding hydrogens is 258 g/mol. The summed E-state index contributed by atoms with van der Waals surface area (Å²) in [7, 11) is 0. The Kier molecular flexibility index (Phi) is 3.89. The van der Waals surface area contributed by atoms with Crippen molar-refractivity contribution >= 4 is 11.0 Å². The van der Waals surface area contributed by atoms with Crippen molar-refractivity contribution in [3.05, 3.63) is 23.4 Å². The number of rotatable bonds is 5. The second-order valence-electron chi connectivity index (χ2n) is 5.11. The van der Waals surface area contributed by atoms with Gasteiger partial charge in [-0.3, -0.25) is 0 Å². The van der Waals surface area contributed by atoms with E-state index in [4.69, 9.17) is 19.1 Å². The van der Waals surface area contributed by atoms with Gasteiger partial charge in [0.05, 0.1) is 11.8 Å². The fraction of sp³-hybridized carbons (Fsp3) is 0.533. The Morgan fingerprint density at radius 1 is 1.45 bits per heavy atom. The van der Waals surface area contributed by atoms with E-state index < -0.39 is 0 Å². The fourth-order valence-corrected chi connectivity index (χ4v) is 2.57. The molecule has 5 heteroatoms. The Bertz CT molecular complexity index is 587. The molecule has 1 N–H and O–H groups in total. The maximum atomic E-state index is 9.01. The number of aliphatic hydroxyl groups is 1. The average molecular weight is 277 g/mol. The number of aliphatic hydroxyl groups excluding tert-OH is 1. The zero-order chi connectivity index (χ0) is 13.9. The number of hydrogen-bond donors (Lipinski definition) is 1. The van der Waals surface area contributed by atoms with Crippen LogP contribution in [0.5, 0.6) is 5.75 Å². The molecule has 0 amide bonds. The van der Waals surface area contributed by atoms with E-state index in [0.717, 1.165) is 47.4 Å². The quantitative estimate of drug-likeness (QED) is 0.908. The van der Waals surface area contributed by atoms with Gasteiger partial charge in [0.15, 0.2) is 5.58 Å². The first-order valence-corrected chi connectivity index (χ1v) is 7.02. The van der Waals surface area contributed by atoms with Gasteiger partial charge in [-0.2, -0.15) is 0 Å². The van der Waals surface area contributed by atoms with Crippen LogP contribution in [0.15, 0.2) is 16.7 Å². The predicted octanol–water partition coefficient (Wildman–Crippen LogP) is 2.23. The summed E-state index contributed by atoms with van der Waals surface area (Å²) in [5.41, 5.74) is 2.46. The molecule has 0 saturated carbocycles. The van der Waals surface area contributed by atoms with Crippen LogP contribution in [-0.2, 0) is 11.2 Å². The van der Waals surface area contributed by atoms with E-state index in [1.54, 1.807) is 0 Å². The van der Waals surface area contributed by atoms with Gasteiger partial charge in [-0.25, -0.2) is 0 Å². The highest BCUT2D eigenvalue weighted by atomic mass is 16.5. The molecular formula is C15H19NO4. The number of aryl methyl sites for hydroxylation is 1. The predicted molar refractivity (Wildman–Crippen MR) is 74.0 cm³/mol. The maximum Gasteiger partial charge on any atom is 0.173 e. The zero-order valence-corrected chi connectivity index (χ0v) is 11.6. The van der Waals surface area contributed by atoms with Crippen LogP contribution < -0.4 is 4.74 Å². The molecule has 1 saturated heterocycles. The van der Waals surface area contributed by atoms with Crippen molar-refractivity contribution in [3.8, 4) is 5.75 Å². The third kappa shape index (κ3) is 2.51. The van der Waals surface area contributed by atoms with Crippen molar-refractivity contribution < 1.29 is 19.1 Å². The van der Waals surface area contributed by atoms with Gasteiger partial charge < -0.3 is 19.1 Å². The topological polar surface area (TPSA) is 64.7 Å². The summed E-state index contributed by atoms with van der Waals surface area (Å²) in [4.78, 5) is 0. The third-order valence-electron chi connectivity index (χ3n) is 3.71. The van der Waals surface area contributed by atoms with E-state index in [1.165, 1.54) is 0 Å². The van der Waals surface area contributed by atoms with Gasteiger partial charge >= 0.3 is 0 Å². The molecule has 1 aromatic carbocycles. The monoisotopic (exact) mass is 277 g/mol. The number of fused-ring (bicyclic) bond motifs is 1. The number of ether oxygens (including phenoxy) is 2. The Morgan fingerprint density at radius 2 is 2.35 bits per heavy atom. The van der Waals surface area contributed by atoms with Gasteiger partial charge in [0, 0.05) is 30.6 Å². The summed E-state index contributed by atoms with van der Waals surface area (Å²) in [6, 6.07) is 3.87. The molecule has 2 heterocycles. The fourth-order valence-electron chi connectivity index (χ4n) is 2.57. The molecule has 1 atom stereocenters. The highest BCUT2D eigenvalue weighted by Crippen LogP contribution is 2.30. The largest absolute Gasteiger partial charge is 0.490 e. The molecule has 0 aliphatic carbocycles. The second kappa shape index (κ2) is 5.81. The van der Waals surface area contributed by atoms with Crippen LogP contribution in [-0.4, -0.2) is 36.2 Å². The lowest BCUT2D eigenvalue weighted by atomic mass is 10.1. The summed E-state index contributed by atoms with van der Waals surface area (Å²) in [5, 5.41) is 14.0. The lowest BCUT2D eigenvalue weighted by Crippen LogP contribution is -2.16. The van der Waals surface area contributed by atoms with Crippen LogP contribution in [0.25, 0.3) is 11.0 Å². The minimum absolute atomic E-state index is 0.0674. The van der Waals surface area contributed by atoms with Gasteiger partial charge in [0.2, 0.25) is 0 Å². The first-order valence-electron chi connectivity index (χ1n) is 7.02. The SMILES string of the molecule is Cc1c(OCC2CCCO2)ccc2c(CCO)noc12. The van der Waals surface area contributed by atoms with E-state index in [1.807, 2.05) is 19.1 Å². The van der Waals surface area contributed by atoms with E-state index in [2.05, 4.69) is 5.16 Å². The van der Waals surface area contributed by atoms with Crippen molar-refractivity contribution in [2.45, 2.75) is 32.3 Å². The van der Waals surface area contributed by atoms with Gasteiger partial charge in [0.1, 0.15) is 12.4 Å². The van der Waals surface area contributed by atoms with Crippen LogP contribution in [0, 0.1) is 6.92 Å². The molecule has 1 aliphatic rings. The van der Waals surface area contributed by atoms with E-state index in [0.29, 0.717) is 13.0 Å². The van der Waals surface area contributed by atoms with Crippen LogP contribution in [0.3, 0.4) is 0 Å². The standard InChI is InChI=1S/C15H19NO4/c1-10-14(19-9-11-3-2-8-18-11)5-4-12-13(6-7-17)16-20-15(10)12/h4-5,11,17H,2-3,6-9H2,1H3. The lowest BCUT2D eigenvalue weighted by molar-refractivity contribution is 0.0677. The minimum atomic E-state index is 0.0674. The second-order valence-corrected chi connectivity index (χ2v) is 5.11. The Hall–Kier alpha value is -1.59. The number of aromatic nitrogens is 1. The Balaban J connectivity index is 1.79. The zero-order valence-electron chi connectivity index (χ0n) is 11.6. The van der Waals surface area contributed by atoms with Crippen molar-refractivity contribution in [2.24, 2.45) is 0 Å². The first-order chi connectivity index (χ1) is 9.79. The number of nitrogens with zero attached hydrogens (tertiary/aromatic N) is 1. The molecule has 2 aromatic rings. The van der Waals surface area contributed by atoms with E-state index in [9.17, 15) is 0 Å². The summed E-state index contributed by atoms with van der Waals surface area (Å²) in [6.45, 7) is 3.43. The lowest BCUT2D eigenvalue weighted by Gasteiger charge is -2.13. The van der Waals surface area contributed by atoms with Gasteiger partial charge in [-0.15, -0.1) is 0 Å². The summed E-state index contributed by atoms with van der Waals surface area (Å²) in [5.74, 6) is 0.805.